The molecule has 0 unspecified atom stereocenters. The smallest absolute Gasteiger partial charge is 0.417 e. The topological polar surface area (TPSA) is 65.3 Å². The summed E-state index contributed by atoms with van der Waals surface area (Å²) in [6.07, 6.45) is -2.91. The number of pyridine rings is 1. The predicted octanol–water partition coefficient (Wildman–Crippen LogP) is 4.57. The first kappa shape index (κ1) is 18.1. The average molecular weight is 358 g/mol. The van der Waals surface area contributed by atoms with Crippen molar-refractivity contribution >= 4 is 17.4 Å². The molecule has 2 aromatic rings. The number of ether oxygens (including phenoxy) is 1. The van der Waals surface area contributed by atoms with Crippen molar-refractivity contribution in [2.75, 3.05) is 12.4 Å². The van der Waals surface area contributed by atoms with Crippen LogP contribution in [-0.4, -0.2) is 22.3 Å². The van der Waals surface area contributed by atoms with Crippen LogP contribution in [-0.2, 0) is 6.18 Å². The minimum absolute atomic E-state index is 0.00807. The second-order valence-electron chi connectivity index (χ2n) is 4.68. The van der Waals surface area contributed by atoms with Crippen LogP contribution in [0.4, 0.5) is 18.9 Å². The van der Waals surface area contributed by atoms with Crippen LogP contribution in [0.25, 0.3) is 0 Å². The molecule has 0 radical (unpaired) electrons. The fraction of sp³-hybridized carbons (Fsp3) is 0.267. The van der Waals surface area contributed by atoms with Crippen molar-refractivity contribution < 1.29 is 22.8 Å². The molecule has 24 heavy (non-hydrogen) atoms. The largest absolute Gasteiger partial charge is 0.494 e. The van der Waals surface area contributed by atoms with E-state index in [2.05, 4.69) is 4.98 Å². The zero-order valence-electron chi connectivity index (χ0n) is 12.3. The van der Waals surface area contributed by atoms with E-state index in [0.29, 0.717) is 29.6 Å². The van der Waals surface area contributed by atoms with Gasteiger partial charge in [-0.3, -0.25) is 10.1 Å². The summed E-state index contributed by atoms with van der Waals surface area (Å²) in [6.45, 7) is 0.394. The van der Waals surface area contributed by atoms with Gasteiger partial charge in [-0.25, -0.2) is 4.98 Å². The number of thioether (sulfide) groups is 1. The van der Waals surface area contributed by atoms with Gasteiger partial charge in [0.05, 0.1) is 22.1 Å². The van der Waals surface area contributed by atoms with Crippen LogP contribution in [0.2, 0.25) is 0 Å². The summed E-state index contributed by atoms with van der Waals surface area (Å²) in [4.78, 5) is 13.8. The minimum atomic E-state index is -4.38. The molecule has 0 saturated carbocycles. The highest BCUT2D eigenvalue weighted by molar-refractivity contribution is 7.99. The van der Waals surface area contributed by atoms with Gasteiger partial charge in [0.1, 0.15) is 5.75 Å². The maximum atomic E-state index is 12.4. The molecule has 0 aliphatic carbocycles. The third kappa shape index (κ3) is 5.41. The summed E-state index contributed by atoms with van der Waals surface area (Å²) in [5, 5.41) is 11.0. The van der Waals surface area contributed by atoms with Gasteiger partial charge in [0, 0.05) is 24.1 Å². The van der Waals surface area contributed by atoms with E-state index < -0.39 is 16.7 Å². The Hall–Kier alpha value is -2.29. The molecule has 0 aliphatic heterocycles. The first-order chi connectivity index (χ1) is 11.4. The maximum absolute atomic E-state index is 12.4. The van der Waals surface area contributed by atoms with Gasteiger partial charge < -0.3 is 4.74 Å². The number of nitro benzene ring substituents is 1. The van der Waals surface area contributed by atoms with Crippen molar-refractivity contribution in [2.45, 2.75) is 17.6 Å². The number of alkyl halides is 3. The number of hydrogen-bond acceptors (Lipinski definition) is 5. The van der Waals surface area contributed by atoms with E-state index in [-0.39, 0.29) is 5.69 Å². The highest BCUT2D eigenvalue weighted by atomic mass is 32.2. The predicted molar refractivity (Wildman–Crippen MR) is 83.2 cm³/mol. The number of benzene rings is 1. The SMILES string of the molecule is O=[N+]([O-])c1ccc(OCCCSc2ccc(C(F)(F)F)cn2)cc1. The molecule has 1 heterocycles. The Kier molecular flexibility index (Phi) is 6.02. The van der Waals surface area contributed by atoms with Crippen molar-refractivity contribution in [1.82, 2.24) is 4.98 Å². The highest BCUT2D eigenvalue weighted by Crippen LogP contribution is 2.29. The lowest BCUT2D eigenvalue weighted by molar-refractivity contribution is -0.384. The van der Waals surface area contributed by atoms with Crippen molar-refractivity contribution in [3.8, 4) is 5.75 Å². The molecule has 0 spiro atoms. The van der Waals surface area contributed by atoms with Crippen molar-refractivity contribution in [3.63, 3.8) is 0 Å². The van der Waals surface area contributed by atoms with E-state index in [1.807, 2.05) is 0 Å². The Morgan fingerprint density at radius 3 is 2.42 bits per heavy atom. The number of halogens is 3. The molecule has 0 fully saturated rings. The van der Waals surface area contributed by atoms with Crippen LogP contribution in [0.15, 0.2) is 47.6 Å². The van der Waals surface area contributed by atoms with Crippen molar-refractivity contribution in [3.05, 3.63) is 58.3 Å². The molecule has 1 aromatic carbocycles. The molecular weight excluding hydrogens is 345 g/mol. The van der Waals surface area contributed by atoms with Crippen LogP contribution < -0.4 is 4.74 Å². The first-order valence-electron chi connectivity index (χ1n) is 6.89. The zero-order valence-corrected chi connectivity index (χ0v) is 13.1. The lowest BCUT2D eigenvalue weighted by Crippen LogP contribution is -2.05. The highest BCUT2D eigenvalue weighted by Gasteiger charge is 2.30. The van der Waals surface area contributed by atoms with Crippen LogP contribution in [0.1, 0.15) is 12.0 Å². The first-order valence-corrected chi connectivity index (χ1v) is 7.88. The van der Waals surface area contributed by atoms with E-state index in [1.54, 1.807) is 0 Å². The fourth-order valence-electron chi connectivity index (χ4n) is 1.72. The van der Waals surface area contributed by atoms with Gasteiger partial charge >= 0.3 is 6.18 Å². The Labute approximate surface area is 140 Å². The van der Waals surface area contributed by atoms with Crippen LogP contribution >= 0.6 is 11.8 Å². The number of aromatic nitrogens is 1. The third-order valence-corrected chi connectivity index (χ3v) is 3.95. The summed E-state index contributed by atoms with van der Waals surface area (Å²) in [7, 11) is 0. The molecule has 1 aromatic heterocycles. The van der Waals surface area contributed by atoms with Crippen LogP contribution in [0.3, 0.4) is 0 Å². The Bertz CT molecular complexity index is 676. The van der Waals surface area contributed by atoms with E-state index in [0.717, 1.165) is 12.3 Å². The van der Waals surface area contributed by atoms with Crippen LogP contribution in [0, 0.1) is 10.1 Å². The Morgan fingerprint density at radius 1 is 1.17 bits per heavy atom. The summed E-state index contributed by atoms with van der Waals surface area (Å²) < 4.78 is 42.6. The number of hydrogen-bond donors (Lipinski definition) is 0. The molecule has 5 nitrogen and oxygen atoms in total. The minimum Gasteiger partial charge on any atom is -0.494 e. The lowest BCUT2D eigenvalue weighted by Gasteiger charge is -2.07. The number of rotatable bonds is 7. The number of nitrogens with zero attached hydrogens (tertiary/aromatic N) is 2. The van der Waals surface area contributed by atoms with Gasteiger partial charge in [0.15, 0.2) is 0 Å². The number of nitro groups is 1. The summed E-state index contributed by atoms with van der Waals surface area (Å²) in [6, 6.07) is 8.09. The second kappa shape index (κ2) is 8.00. The van der Waals surface area contributed by atoms with Gasteiger partial charge in [-0.05, 0) is 30.7 Å². The molecule has 2 rings (SSSR count). The maximum Gasteiger partial charge on any atom is 0.417 e. The lowest BCUT2D eigenvalue weighted by atomic mass is 10.3. The molecule has 0 amide bonds. The molecule has 9 heteroatoms. The van der Waals surface area contributed by atoms with E-state index in [9.17, 15) is 23.3 Å². The monoisotopic (exact) mass is 358 g/mol. The van der Waals surface area contributed by atoms with Gasteiger partial charge in [-0.1, -0.05) is 0 Å². The van der Waals surface area contributed by atoms with E-state index in [4.69, 9.17) is 4.74 Å². The van der Waals surface area contributed by atoms with E-state index >= 15 is 0 Å². The second-order valence-corrected chi connectivity index (χ2v) is 5.80. The third-order valence-electron chi connectivity index (χ3n) is 2.92. The summed E-state index contributed by atoms with van der Waals surface area (Å²) in [5.41, 5.74) is -0.778. The van der Waals surface area contributed by atoms with Gasteiger partial charge in [0.2, 0.25) is 0 Å². The molecule has 0 N–H and O–H groups in total. The van der Waals surface area contributed by atoms with Gasteiger partial charge in [0.25, 0.3) is 5.69 Å². The van der Waals surface area contributed by atoms with Crippen molar-refractivity contribution in [1.29, 1.82) is 0 Å². The number of non-ortho nitro benzene ring substituents is 1. The Balaban J connectivity index is 1.70. The fourth-order valence-corrected chi connectivity index (χ4v) is 2.49. The average Bonchev–Trinajstić information content (AvgIpc) is 2.54. The Morgan fingerprint density at radius 2 is 1.88 bits per heavy atom. The van der Waals surface area contributed by atoms with Crippen molar-refractivity contribution in [2.24, 2.45) is 0 Å². The normalized spacial score (nSPS) is 11.3. The summed E-state index contributed by atoms with van der Waals surface area (Å²) >= 11 is 1.33. The molecule has 0 bridgehead atoms. The standard InChI is InChI=1S/C15H13F3N2O3S/c16-15(17,18)11-2-7-14(19-10-11)24-9-1-8-23-13-5-3-12(4-6-13)20(21)22/h2-7,10H,1,8-9H2. The molecule has 128 valence electrons. The van der Waals surface area contributed by atoms with E-state index in [1.165, 1.54) is 42.1 Å². The van der Waals surface area contributed by atoms with Crippen LogP contribution in [0.5, 0.6) is 5.75 Å². The molecular formula is C15H13F3N2O3S. The molecule has 0 saturated heterocycles. The summed E-state index contributed by atoms with van der Waals surface area (Å²) in [5.74, 6) is 1.16. The zero-order chi connectivity index (χ0) is 17.6. The van der Waals surface area contributed by atoms with Gasteiger partial charge in [-0.15, -0.1) is 11.8 Å². The van der Waals surface area contributed by atoms with Gasteiger partial charge in [-0.2, -0.15) is 13.2 Å². The molecule has 0 aliphatic rings. The quantitative estimate of drug-likeness (QED) is 0.314. The molecule has 0 atom stereocenters.